The molecule has 1 aromatic heterocycles. The number of nitrogens with zero attached hydrogens (tertiary/aromatic N) is 1. The lowest BCUT2D eigenvalue weighted by atomic mass is 9.78. The number of nitrogens with two attached hydrogens (primary N) is 1. The molecule has 0 bridgehead atoms. The molecule has 102 valence electrons. The van der Waals surface area contributed by atoms with Crippen LogP contribution in [0.5, 0.6) is 0 Å². The summed E-state index contributed by atoms with van der Waals surface area (Å²) in [6.07, 6.45) is 5.09. The summed E-state index contributed by atoms with van der Waals surface area (Å²) in [5.74, 6) is -0.0470. The Kier molecular flexibility index (Phi) is 5.25. The van der Waals surface area contributed by atoms with Crippen molar-refractivity contribution in [2.24, 2.45) is 5.73 Å². The van der Waals surface area contributed by atoms with Crippen LogP contribution in [0.1, 0.15) is 36.7 Å². The number of aromatic nitrogens is 1. The Bertz CT molecular complexity index is 429. The molecule has 2 rings (SSSR count). The number of amides is 1. The molecule has 0 atom stereocenters. The van der Waals surface area contributed by atoms with Crippen molar-refractivity contribution in [2.45, 2.75) is 38.3 Å². The third-order valence-electron chi connectivity index (χ3n) is 3.39. The molecule has 0 aliphatic heterocycles. The van der Waals surface area contributed by atoms with Crippen LogP contribution in [0.4, 0.5) is 0 Å². The van der Waals surface area contributed by atoms with Crippen LogP contribution < -0.4 is 11.1 Å². The number of rotatable bonds is 4. The molecule has 0 unspecified atom stereocenters. The summed E-state index contributed by atoms with van der Waals surface area (Å²) in [6, 6.07) is 1.84. The summed E-state index contributed by atoms with van der Waals surface area (Å²) in [6.45, 7) is 3.36. The lowest BCUT2D eigenvalue weighted by molar-refractivity contribution is 0.0920. The summed E-state index contributed by atoms with van der Waals surface area (Å²) < 4.78 is 2.85. The van der Waals surface area contributed by atoms with E-state index in [-0.39, 0.29) is 23.9 Å². The fourth-order valence-electron chi connectivity index (χ4n) is 2.08. The molecule has 18 heavy (non-hydrogen) atoms. The summed E-state index contributed by atoms with van der Waals surface area (Å²) in [5.41, 5.74) is 6.59. The largest absolute Gasteiger partial charge is 0.349 e. The van der Waals surface area contributed by atoms with E-state index in [1.165, 1.54) is 6.42 Å². The zero-order chi connectivity index (χ0) is 12.5. The number of nitrogens with one attached hydrogen (secondary N) is 1. The van der Waals surface area contributed by atoms with Crippen molar-refractivity contribution in [3.63, 3.8) is 0 Å². The zero-order valence-electron chi connectivity index (χ0n) is 10.4. The van der Waals surface area contributed by atoms with Crippen LogP contribution in [0.2, 0.25) is 0 Å². The monoisotopic (exact) mass is 335 g/mol. The standard InChI is InChI=1S/C12H18BrN3O.ClH/c1-2-16-7-9(13)6-10(16)11(17)15-8-12(14)4-3-5-12;/h6-7H,2-5,8,14H2,1H3,(H,15,17);1H. The Morgan fingerprint density at radius 1 is 1.61 bits per heavy atom. The van der Waals surface area contributed by atoms with E-state index < -0.39 is 0 Å². The summed E-state index contributed by atoms with van der Waals surface area (Å²) in [5, 5.41) is 2.92. The van der Waals surface area contributed by atoms with Gasteiger partial charge in [0.2, 0.25) is 0 Å². The average Bonchev–Trinajstić information content (AvgIpc) is 2.64. The first kappa shape index (κ1) is 15.5. The first-order valence-electron chi connectivity index (χ1n) is 5.97. The molecule has 1 heterocycles. The predicted molar refractivity (Wildman–Crippen MR) is 78.2 cm³/mol. The van der Waals surface area contributed by atoms with Gasteiger partial charge in [-0.05, 0) is 48.2 Å². The second-order valence-electron chi connectivity index (χ2n) is 4.73. The average molecular weight is 337 g/mol. The van der Waals surface area contributed by atoms with E-state index in [4.69, 9.17) is 5.73 Å². The van der Waals surface area contributed by atoms with Crippen molar-refractivity contribution >= 4 is 34.2 Å². The zero-order valence-corrected chi connectivity index (χ0v) is 12.8. The van der Waals surface area contributed by atoms with Gasteiger partial charge in [-0.3, -0.25) is 4.79 Å². The molecule has 0 radical (unpaired) electrons. The highest BCUT2D eigenvalue weighted by Gasteiger charge is 2.32. The maximum atomic E-state index is 12.0. The minimum absolute atomic E-state index is 0. The molecule has 0 saturated heterocycles. The molecule has 1 fully saturated rings. The molecule has 1 saturated carbocycles. The van der Waals surface area contributed by atoms with E-state index in [2.05, 4.69) is 21.2 Å². The van der Waals surface area contributed by atoms with Crippen molar-refractivity contribution < 1.29 is 4.79 Å². The van der Waals surface area contributed by atoms with E-state index in [1.807, 2.05) is 23.8 Å². The highest BCUT2D eigenvalue weighted by molar-refractivity contribution is 9.10. The maximum Gasteiger partial charge on any atom is 0.268 e. The Morgan fingerprint density at radius 3 is 2.78 bits per heavy atom. The van der Waals surface area contributed by atoms with Gasteiger partial charge in [0.25, 0.3) is 5.91 Å². The SMILES string of the molecule is CCn1cc(Br)cc1C(=O)NCC1(N)CCC1.Cl. The van der Waals surface area contributed by atoms with Gasteiger partial charge in [-0.15, -0.1) is 12.4 Å². The van der Waals surface area contributed by atoms with Gasteiger partial charge in [-0.25, -0.2) is 0 Å². The van der Waals surface area contributed by atoms with Gasteiger partial charge >= 0.3 is 0 Å². The number of carbonyl (C=O) groups excluding carboxylic acids is 1. The third-order valence-corrected chi connectivity index (χ3v) is 3.82. The van der Waals surface area contributed by atoms with E-state index in [1.54, 1.807) is 0 Å². The minimum atomic E-state index is -0.170. The predicted octanol–water partition coefficient (Wildman–Crippen LogP) is 2.30. The molecule has 1 amide bonds. The number of halogens is 2. The first-order valence-corrected chi connectivity index (χ1v) is 6.76. The lowest BCUT2D eigenvalue weighted by Gasteiger charge is -2.38. The van der Waals surface area contributed by atoms with E-state index in [0.717, 1.165) is 23.9 Å². The molecule has 4 nitrogen and oxygen atoms in total. The van der Waals surface area contributed by atoms with Crippen molar-refractivity contribution in [3.05, 3.63) is 22.4 Å². The fourth-order valence-corrected chi connectivity index (χ4v) is 2.55. The van der Waals surface area contributed by atoms with Gasteiger partial charge in [0.1, 0.15) is 5.69 Å². The normalized spacial score (nSPS) is 16.6. The Hall–Kier alpha value is -0.520. The minimum Gasteiger partial charge on any atom is -0.349 e. The summed E-state index contributed by atoms with van der Waals surface area (Å²) >= 11 is 3.38. The first-order chi connectivity index (χ1) is 8.04. The quantitative estimate of drug-likeness (QED) is 0.886. The van der Waals surface area contributed by atoms with Gasteiger partial charge in [-0.1, -0.05) is 0 Å². The van der Waals surface area contributed by atoms with Crippen LogP contribution in [0.15, 0.2) is 16.7 Å². The number of aryl methyl sites for hydroxylation is 1. The van der Waals surface area contributed by atoms with Crippen LogP contribution >= 0.6 is 28.3 Å². The third kappa shape index (κ3) is 3.28. The summed E-state index contributed by atoms with van der Waals surface area (Å²) in [4.78, 5) is 12.0. The van der Waals surface area contributed by atoms with Crippen molar-refractivity contribution in [1.29, 1.82) is 0 Å². The molecular weight excluding hydrogens is 318 g/mol. The van der Waals surface area contributed by atoms with E-state index >= 15 is 0 Å². The fraction of sp³-hybridized carbons (Fsp3) is 0.583. The molecular formula is C12H19BrClN3O. The second kappa shape index (κ2) is 6.08. The van der Waals surface area contributed by atoms with Gasteiger partial charge in [-0.2, -0.15) is 0 Å². The van der Waals surface area contributed by atoms with Gasteiger partial charge < -0.3 is 15.6 Å². The van der Waals surface area contributed by atoms with Gasteiger partial charge in [0.05, 0.1) is 0 Å². The van der Waals surface area contributed by atoms with Crippen molar-refractivity contribution in [2.75, 3.05) is 6.54 Å². The van der Waals surface area contributed by atoms with E-state index in [9.17, 15) is 4.79 Å². The highest BCUT2D eigenvalue weighted by atomic mass is 79.9. The maximum absolute atomic E-state index is 12.0. The van der Waals surface area contributed by atoms with Gasteiger partial charge in [0, 0.05) is 29.3 Å². The van der Waals surface area contributed by atoms with Crippen molar-refractivity contribution in [3.8, 4) is 0 Å². The Labute approximate surface area is 122 Å². The molecule has 3 N–H and O–H groups in total. The second-order valence-corrected chi connectivity index (χ2v) is 5.64. The Morgan fingerprint density at radius 2 is 2.28 bits per heavy atom. The molecule has 1 aliphatic carbocycles. The van der Waals surface area contributed by atoms with Crippen LogP contribution in [0, 0.1) is 0 Å². The molecule has 6 heteroatoms. The lowest BCUT2D eigenvalue weighted by Crippen LogP contribution is -2.55. The number of carbonyl (C=O) groups is 1. The molecule has 1 aromatic rings. The topological polar surface area (TPSA) is 60.0 Å². The van der Waals surface area contributed by atoms with Crippen molar-refractivity contribution in [1.82, 2.24) is 9.88 Å². The van der Waals surface area contributed by atoms with Crippen LogP contribution in [0.3, 0.4) is 0 Å². The molecule has 1 aliphatic rings. The van der Waals surface area contributed by atoms with Gasteiger partial charge in [0.15, 0.2) is 0 Å². The van der Waals surface area contributed by atoms with Crippen LogP contribution in [0.25, 0.3) is 0 Å². The molecule has 0 spiro atoms. The van der Waals surface area contributed by atoms with Crippen LogP contribution in [-0.4, -0.2) is 22.6 Å². The number of hydrogen-bond acceptors (Lipinski definition) is 2. The summed E-state index contributed by atoms with van der Waals surface area (Å²) in [7, 11) is 0. The smallest absolute Gasteiger partial charge is 0.268 e. The molecule has 0 aromatic carbocycles. The van der Waals surface area contributed by atoms with E-state index in [0.29, 0.717) is 12.2 Å². The Balaban J connectivity index is 0.00000162. The number of hydrogen-bond donors (Lipinski definition) is 2. The van der Waals surface area contributed by atoms with Crippen LogP contribution in [-0.2, 0) is 6.54 Å². The highest BCUT2D eigenvalue weighted by Crippen LogP contribution is 2.28.